The lowest BCUT2D eigenvalue weighted by molar-refractivity contribution is -0.0244. The smallest absolute Gasteiger partial charge is 0.176 e. The molecule has 0 bridgehead atoms. The fourth-order valence-electron chi connectivity index (χ4n) is 3.93. The van der Waals surface area contributed by atoms with Crippen LogP contribution < -0.4 is 9.64 Å². The van der Waals surface area contributed by atoms with E-state index < -0.39 is 5.60 Å². The van der Waals surface area contributed by atoms with Gasteiger partial charge in [0.15, 0.2) is 5.78 Å². The number of nitrogens with zero attached hydrogens (tertiary/aromatic N) is 2. The fraction of sp³-hybridized carbons (Fsp3) is 0.500. The van der Waals surface area contributed by atoms with Crippen LogP contribution in [0.15, 0.2) is 54.6 Å². The van der Waals surface area contributed by atoms with Crippen molar-refractivity contribution in [1.82, 2.24) is 4.90 Å². The van der Waals surface area contributed by atoms with Gasteiger partial charge in [-0.3, -0.25) is 9.69 Å². The molecule has 2 aromatic rings. The maximum Gasteiger partial charge on any atom is 0.176 e. The van der Waals surface area contributed by atoms with E-state index in [0.717, 1.165) is 62.5 Å². The normalized spacial score (nSPS) is 16.1. The fourth-order valence-corrected chi connectivity index (χ4v) is 3.93. The van der Waals surface area contributed by atoms with Crippen LogP contribution >= 0.6 is 0 Å². The Labute approximate surface area is 186 Å². The molecular formula is C26H36N2O3. The molecule has 1 aliphatic rings. The number of aliphatic hydroxyl groups is 1. The summed E-state index contributed by atoms with van der Waals surface area (Å²) in [5.74, 6) is 1.05. The molecule has 5 heteroatoms. The molecule has 5 nitrogen and oxygen atoms in total. The summed E-state index contributed by atoms with van der Waals surface area (Å²) in [6.45, 7) is 5.63. The largest absolute Gasteiger partial charge is 0.494 e. The quantitative estimate of drug-likeness (QED) is 0.428. The SMILES string of the molecule is CCCCOc1ccc(N(C)CCC2(O)CCN(CC(=O)c3ccccc3)CC2)cc1. The van der Waals surface area contributed by atoms with Gasteiger partial charge < -0.3 is 14.7 Å². The highest BCUT2D eigenvalue weighted by Crippen LogP contribution is 2.27. The molecule has 168 valence electrons. The monoisotopic (exact) mass is 424 g/mol. The standard InChI is InChI=1S/C26H36N2O3/c1-3-4-20-31-24-12-10-23(11-13-24)27(2)17-14-26(30)15-18-28(19-16-26)21-25(29)22-8-6-5-7-9-22/h5-13,30H,3-4,14-21H2,1-2H3. The Bertz CT molecular complexity index is 799. The third-order valence-corrected chi connectivity index (χ3v) is 6.21. The summed E-state index contributed by atoms with van der Waals surface area (Å²) in [5, 5.41) is 11.0. The van der Waals surface area contributed by atoms with Gasteiger partial charge in [-0.05, 0) is 49.9 Å². The first-order chi connectivity index (χ1) is 15.0. The van der Waals surface area contributed by atoms with Crippen LogP contribution in [0.25, 0.3) is 0 Å². The van der Waals surface area contributed by atoms with E-state index in [2.05, 4.69) is 35.9 Å². The van der Waals surface area contributed by atoms with Crippen molar-refractivity contribution in [3.63, 3.8) is 0 Å². The molecule has 1 aliphatic heterocycles. The predicted octanol–water partition coefficient (Wildman–Crippen LogP) is 4.40. The van der Waals surface area contributed by atoms with Crippen molar-refractivity contribution in [2.75, 3.05) is 44.7 Å². The van der Waals surface area contributed by atoms with Crippen molar-refractivity contribution in [3.8, 4) is 5.75 Å². The van der Waals surface area contributed by atoms with Gasteiger partial charge in [0.1, 0.15) is 5.75 Å². The Kier molecular flexibility index (Phi) is 8.50. The minimum Gasteiger partial charge on any atom is -0.494 e. The number of rotatable bonds is 11. The highest BCUT2D eigenvalue weighted by Gasteiger charge is 2.32. The van der Waals surface area contributed by atoms with Crippen molar-refractivity contribution in [2.45, 2.75) is 44.6 Å². The molecule has 31 heavy (non-hydrogen) atoms. The number of ether oxygens (including phenoxy) is 1. The number of piperidine rings is 1. The van der Waals surface area contributed by atoms with Crippen molar-refractivity contribution in [1.29, 1.82) is 0 Å². The maximum atomic E-state index is 12.4. The van der Waals surface area contributed by atoms with Gasteiger partial charge in [-0.2, -0.15) is 0 Å². The zero-order chi connectivity index (χ0) is 22.1. The summed E-state index contributed by atoms with van der Waals surface area (Å²) in [7, 11) is 2.06. The average Bonchev–Trinajstić information content (AvgIpc) is 2.80. The maximum absolute atomic E-state index is 12.4. The van der Waals surface area contributed by atoms with Crippen molar-refractivity contribution in [2.24, 2.45) is 0 Å². The molecule has 0 aromatic heterocycles. The van der Waals surface area contributed by atoms with E-state index in [0.29, 0.717) is 19.4 Å². The van der Waals surface area contributed by atoms with Crippen molar-refractivity contribution in [3.05, 3.63) is 60.2 Å². The van der Waals surface area contributed by atoms with Crippen molar-refractivity contribution >= 4 is 11.5 Å². The van der Waals surface area contributed by atoms with E-state index in [1.165, 1.54) is 0 Å². The Morgan fingerprint density at radius 3 is 2.42 bits per heavy atom. The van der Waals surface area contributed by atoms with Gasteiger partial charge in [0.05, 0.1) is 18.8 Å². The van der Waals surface area contributed by atoms with E-state index in [1.54, 1.807) is 0 Å². The molecule has 1 heterocycles. The summed E-state index contributed by atoms with van der Waals surface area (Å²) in [6.07, 6.45) is 4.32. The Morgan fingerprint density at radius 1 is 1.10 bits per heavy atom. The van der Waals surface area contributed by atoms with E-state index in [1.807, 2.05) is 42.5 Å². The van der Waals surface area contributed by atoms with Crippen LogP contribution in [0.3, 0.4) is 0 Å². The van der Waals surface area contributed by atoms with Gasteiger partial charge in [0.2, 0.25) is 0 Å². The topological polar surface area (TPSA) is 53.0 Å². The Hall–Kier alpha value is -2.37. The summed E-state index contributed by atoms with van der Waals surface area (Å²) in [4.78, 5) is 16.8. The molecule has 1 saturated heterocycles. The average molecular weight is 425 g/mol. The van der Waals surface area contributed by atoms with Crippen LogP contribution in [0.1, 0.15) is 49.4 Å². The number of anilines is 1. The zero-order valence-electron chi connectivity index (χ0n) is 18.9. The van der Waals surface area contributed by atoms with Crippen LogP contribution in [0.5, 0.6) is 5.75 Å². The van der Waals surface area contributed by atoms with Crippen LogP contribution in [-0.4, -0.2) is 61.2 Å². The van der Waals surface area contributed by atoms with E-state index in [4.69, 9.17) is 4.74 Å². The number of ketones is 1. The van der Waals surface area contributed by atoms with Gasteiger partial charge in [0.25, 0.3) is 0 Å². The summed E-state index contributed by atoms with van der Waals surface area (Å²) in [5.41, 5.74) is 1.22. The Balaban J connectivity index is 1.42. The van der Waals surface area contributed by atoms with Crippen LogP contribution in [-0.2, 0) is 0 Å². The number of hydrogen-bond donors (Lipinski definition) is 1. The molecule has 0 spiro atoms. The van der Waals surface area contributed by atoms with E-state index in [9.17, 15) is 9.90 Å². The van der Waals surface area contributed by atoms with Crippen LogP contribution in [0.2, 0.25) is 0 Å². The molecule has 0 saturated carbocycles. The second-order valence-corrected chi connectivity index (χ2v) is 8.66. The highest BCUT2D eigenvalue weighted by atomic mass is 16.5. The van der Waals surface area contributed by atoms with Crippen molar-refractivity contribution < 1.29 is 14.6 Å². The molecule has 0 atom stereocenters. The van der Waals surface area contributed by atoms with Gasteiger partial charge in [0, 0.05) is 37.9 Å². The first-order valence-corrected chi connectivity index (χ1v) is 11.5. The second-order valence-electron chi connectivity index (χ2n) is 8.66. The third kappa shape index (κ3) is 7.08. The van der Waals surface area contributed by atoms with Gasteiger partial charge in [-0.25, -0.2) is 0 Å². The van der Waals surface area contributed by atoms with Gasteiger partial charge in [-0.15, -0.1) is 0 Å². The summed E-state index contributed by atoms with van der Waals surface area (Å²) < 4.78 is 5.73. The summed E-state index contributed by atoms with van der Waals surface area (Å²) >= 11 is 0. The number of hydrogen-bond acceptors (Lipinski definition) is 5. The van der Waals surface area contributed by atoms with E-state index >= 15 is 0 Å². The number of unbranched alkanes of at least 4 members (excludes halogenated alkanes) is 1. The molecule has 0 radical (unpaired) electrons. The molecule has 0 amide bonds. The molecule has 3 rings (SSSR count). The van der Waals surface area contributed by atoms with Gasteiger partial charge in [-0.1, -0.05) is 43.7 Å². The van der Waals surface area contributed by atoms with Gasteiger partial charge >= 0.3 is 0 Å². The minimum atomic E-state index is -0.663. The lowest BCUT2D eigenvalue weighted by Crippen LogP contribution is -2.47. The predicted molar refractivity (Wildman–Crippen MR) is 126 cm³/mol. The molecule has 1 N–H and O–H groups in total. The zero-order valence-corrected chi connectivity index (χ0v) is 18.9. The lowest BCUT2D eigenvalue weighted by Gasteiger charge is -2.39. The number of benzene rings is 2. The number of carbonyl (C=O) groups excluding carboxylic acids is 1. The molecule has 2 aromatic carbocycles. The highest BCUT2D eigenvalue weighted by molar-refractivity contribution is 5.97. The first kappa shape index (κ1) is 23.3. The number of likely N-dealkylation sites (tertiary alicyclic amines) is 1. The Morgan fingerprint density at radius 2 is 1.77 bits per heavy atom. The minimum absolute atomic E-state index is 0.146. The first-order valence-electron chi connectivity index (χ1n) is 11.5. The third-order valence-electron chi connectivity index (χ3n) is 6.21. The lowest BCUT2D eigenvalue weighted by atomic mass is 9.88. The summed E-state index contributed by atoms with van der Waals surface area (Å²) in [6, 6.07) is 17.6. The molecule has 0 aliphatic carbocycles. The van der Waals surface area contributed by atoms with Crippen LogP contribution in [0, 0.1) is 0 Å². The van der Waals surface area contributed by atoms with Crippen LogP contribution in [0.4, 0.5) is 5.69 Å². The molecular weight excluding hydrogens is 388 g/mol. The molecule has 1 fully saturated rings. The molecule has 0 unspecified atom stereocenters. The second kappa shape index (κ2) is 11.3. The van der Waals surface area contributed by atoms with E-state index in [-0.39, 0.29) is 5.78 Å². The number of Topliss-reactive ketones (excluding diaryl/α,β-unsaturated/α-hetero) is 1. The number of carbonyl (C=O) groups is 1.